The number of hydrogen-bond donors (Lipinski definition) is 0. The van der Waals surface area contributed by atoms with Crippen molar-refractivity contribution in [2.24, 2.45) is 0 Å². The molecule has 5 nitrogen and oxygen atoms in total. The fraction of sp³-hybridized carbons (Fsp3) is 0.474. The lowest BCUT2D eigenvalue weighted by Crippen LogP contribution is -2.27. The van der Waals surface area contributed by atoms with Crippen LogP contribution >= 0.6 is 0 Å². The number of ether oxygens (including phenoxy) is 1. The molecule has 1 fully saturated rings. The Morgan fingerprint density at radius 3 is 2.67 bits per heavy atom. The Kier molecular flexibility index (Phi) is 4.35. The summed E-state index contributed by atoms with van der Waals surface area (Å²) in [6.45, 7) is 7.11. The molecule has 1 amide bonds. The molecule has 0 N–H and O–H groups in total. The van der Waals surface area contributed by atoms with Crippen molar-refractivity contribution in [3.05, 3.63) is 36.0 Å². The molecule has 1 aliphatic rings. The Hall–Kier alpha value is -2.30. The Labute approximate surface area is 142 Å². The number of likely N-dealkylation sites (tertiary alicyclic amines) is 1. The Balaban J connectivity index is 1.86. The SMILES string of the molecule is CC(C)(C)OC(=O)n1cc(CCN2CCCC2=O)c2ccccc21. The molecule has 2 heterocycles. The van der Waals surface area contributed by atoms with Crippen LogP contribution in [0.1, 0.15) is 39.2 Å². The minimum absolute atomic E-state index is 0.228. The number of rotatable bonds is 3. The van der Waals surface area contributed by atoms with Crippen LogP contribution in [0, 0.1) is 0 Å². The normalized spacial score (nSPS) is 15.3. The second-order valence-electron chi connectivity index (χ2n) is 7.26. The van der Waals surface area contributed by atoms with Crippen LogP contribution < -0.4 is 0 Å². The lowest BCUT2D eigenvalue weighted by atomic mass is 10.1. The van der Waals surface area contributed by atoms with E-state index in [0.717, 1.165) is 35.9 Å². The second-order valence-corrected chi connectivity index (χ2v) is 7.26. The molecule has 1 saturated heterocycles. The maximum absolute atomic E-state index is 12.5. The largest absolute Gasteiger partial charge is 0.443 e. The van der Waals surface area contributed by atoms with Gasteiger partial charge in [0.05, 0.1) is 5.52 Å². The van der Waals surface area contributed by atoms with Gasteiger partial charge < -0.3 is 9.64 Å². The average molecular weight is 328 g/mol. The molecule has 3 rings (SSSR count). The van der Waals surface area contributed by atoms with Gasteiger partial charge in [0, 0.05) is 31.1 Å². The lowest BCUT2D eigenvalue weighted by molar-refractivity contribution is -0.127. The van der Waals surface area contributed by atoms with Gasteiger partial charge in [-0.15, -0.1) is 0 Å². The van der Waals surface area contributed by atoms with Crippen LogP contribution in [-0.4, -0.2) is 40.2 Å². The second kappa shape index (κ2) is 6.30. The Morgan fingerprint density at radius 1 is 1.25 bits per heavy atom. The molecule has 0 spiro atoms. The van der Waals surface area contributed by atoms with Gasteiger partial charge in [-0.2, -0.15) is 0 Å². The molecule has 0 bridgehead atoms. The molecule has 5 heteroatoms. The summed E-state index contributed by atoms with van der Waals surface area (Å²) < 4.78 is 7.07. The smallest absolute Gasteiger partial charge is 0.419 e. The molecule has 0 unspecified atom stereocenters. The molecule has 1 aromatic heterocycles. The van der Waals surface area contributed by atoms with Gasteiger partial charge in [0.15, 0.2) is 0 Å². The number of amides is 1. The van der Waals surface area contributed by atoms with E-state index in [1.807, 2.05) is 56.1 Å². The van der Waals surface area contributed by atoms with Crippen molar-refractivity contribution in [2.45, 2.75) is 45.6 Å². The molecule has 128 valence electrons. The van der Waals surface area contributed by atoms with Gasteiger partial charge >= 0.3 is 6.09 Å². The number of aromatic nitrogens is 1. The highest BCUT2D eigenvalue weighted by molar-refractivity contribution is 5.92. The van der Waals surface area contributed by atoms with E-state index in [-0.39, 0.29) is 12.0 Å². The van der Waals surface area contributed by atoms with E-state index in [1.165, 1.54) is 0 Å². The maximum atomic E-state index is 12.5. The molecule has 0 saturated carbocycles. The van der Waals surface area contributed by atoms with Gasteiger partial charge in [0.25, 0.3) is 0 Å². The van der Waals surface area contributed by atoms with E-state index in [0.29, 0.717) is 13.0 Å². The van der Waals surface area contributed by atoms with Gasteiger partial charge in [-0.3, -0.25) is 9.36 Å². The van der Waals surface area contributed by atoms with E-state index in [2.05, 4.69) is 0 Å². The molecule has 1 aromatic carbocycles. The molecule has 0 radical (unpaired) electrons. The first-order valence-corrected chi connectivity index (χ1v) is 8.45. The van der Waals surface area contributed by atoms with E-state index < -0.39 is 5.60 Å². The van der Waals surface area contributed by atoms with E-state index in [4.69, 9.17) is 4.74 Å². The van der Waals surface area contributed by atoms with Crippen LogP contribution in [0.5, 0.6) is 0 Å². The monoisotopic (exact) mass is 328 g/mol. The quantitative estimate of drug-likeness (QED) is 0.865. The van der Waals surface area contributed by atoms with Crippen molar-refractivity contribution in [3.8, 4) is 0 Å². The van der Waals surface area contributed by atoms with Crippen molar-refractivity contribution < 1.29 is 14.3 Å². The highest BCUT2D eigenvalue weighted by Gasteiger charge is 2.22. The number of hydrogen-bond acceptors (Lipinski definition) is 3. The summed E-state index contributed by atoms with van der Waals surface area (Å²) in [5, 5.41) is 1.04. The molecular weight excluding hydrogens is 304 g/mol. The van der Waals surface area contributed by atoms with Gasteiger partial charge in [-0.05, 0) is 45.2 Å². The first kappa shape index (κ1) is 16.6. The van der Waals surface area contributed by atoms with E-state index >= 15 is 0 Å². The van der Waals surface area contributed by atoms with Crippen molar-refractivity contribution in [3.63, 3.8) is 0 Å². The van der Waals surface area contributed by atoms with Crippen LogP contribution in [0.15, 0.2) is 30.5 Å². The summed E-state index contributed by atoms with van der Waals surface area (Å²) >= 11 is 0. The first-order valence-electron chi connectivity index (χ1n) is 8.45. The molecule has 1 aliphatic heterocycles. The van der Waals surface area contributed by atoms with E-state index in [1.54, 1.807) is 4.57 Å². The number of carbonyl (C=O) groups excluding carboxylic acids is 2. The summed E-state index contributed by atoms with van der Waals surface area (Å²) in [6, 6.07) is 7.81. The number of para-hydroxylation sites is 1. The number of carbonyl (C=O) groups is 2. The zero-order chi connectivity index (χ0) is 17.3. The van der Waals surface area contributed by atoms with Crippen molar-refractivity contribution in [1.29, 1.82) is 0 Å². The lowest BCUT2D eigenvalue weighted by Gasteiger charge is -2.19. The van der Waals surface area contributed by atoms with Crippen LogP contribution in [-0.2, 0) is 16.0 Å². The third kappa shape index (κ3) is 3.45. The van der Waals surface area contributed by atoms with Gasteiger partial charge in [-0.25, -0.2) is 4.79 Å². The van der Waals surface area contributed by atoms with Crippen molar-refractivity contribution >= 4 is 22.9 Å². The van der Waals surface area contributed by atoms with Crippen molar-refractivity contribution in [2.75, 3.05) is 13.1 Å². The van der Waals surface area contributed by atoms with Gasteiger partial charge in [-0.1, -0.05) is 18.2 Å². The summed E-state index contributed by atoms with van der Waals surface area (Å²) in [5.41, 5.74) is 1.37. The summed E-state index contributed by atoms with van der Waals surface area (Å²) in [7, 11) is 0. The molecular formula is C19H24N2O3. The predicted molar refractivity (Wildman–Crippen MR) is 93.1 cm³/mol. The maximum Gasteiger partial charge on any atom is 0.419 e. The zero-order valence-corrected chi connectivity index (χ0v) is 14.5. The predicted octanol–water partition coefficient (Wildman–Crippen LogP) is 3.59. The number of benzene rings is 1. The minimum Gasteiger partial charge on any atom is -0.443 e. The number of nitrogens with zero attached hydrogens (tertiary/aromatic N) is 2. The summed E-state index contributed by atoms with van der Waals surface area (Å²) in [6.07, 6.45) is 3.81. The van der Waals surface area contributed by atoms with Crippen LogP contribution in [0.2, 0.25) is 0 Å². The number of fused-ring (bicyclic) bond motifs is 1. The van der Waals surface area contributed by atoms with Gasteiger partial charge in [0.1, 0.15) is 5.60 Å². The summed E-state index contributed by atoms with van der Waals surface area (Å²) in [5.74, 6) is 0.228. The fourth-order valence-corrected chi connectivity index (χ4v) is 3.11. The van der Waals surface area contributed by atoms with Crippen LogP contribution in [0.4, 0.5) is 4.79 Å². The molecule has 24 heavy (non-hydrogen) atoms. The Morgan fingerprint density at radius 2 is 2.00 bits per heavy atom. The average Bonchev–Trinajstić information content (AvgIpc) is 3.07. The molecule has 0 aliphatic carbocycles. The van der Waals surface area contributed by atoms with E-state index in [9.17, 15) is 9.59 Å². The topological polar surface area (TPSA) is 51.5 Å². The summed E-state index contributed by atoms with van der Waals surface area (Å²) in [4.78, 5) is 26.2. The fourth-order valence-electron chi connectivity index (χ4n) is 3.11. The first-order chi connectivity index (χ1) is 11.3. The highest BCUT2D eigenvalue weighted by atomic mass is 16.6. The third-order valence-electron chi connectivity index (χ3n) is 4.21. The van der Waals surface area contributed by atoms with Gasteiger partial charge in [0.2, 0.25) is 5.91 Å². The molecule has 0 atom stereocenters. The minimum atomic E-state index is -0.537. The molecule has 2 aromatic rings. The van der Waals surface area contributed by atoms with Crippen LogP contribution in [0.25, 0.3) is 10.9 Å². The Bertz CT molecular complexity index is 771. The standard InChI is InChI=1S/C19H24N2O3/c1-19(2,3)24-18(23)21-13-14(15-7-4-5-8-16(15)21)10-12-20-11-6-9-17(20)22/h4-5,7-8,13H,6,9-12H2,1-3H3. The van der Waals surface area contributed by atoms with Crippen LogP contribution in [0.3, 0.4) is 0 Å². The zero-order valence-electron chi connectivity index (χ0n) is 14.5. The third-order valence-corrected chi connectivity index (χ3v) is 4.21. The highest BCUT2D eigenvalue weighted by Crippen LogP contribution is 2.24. The van der Waals surface area contributed by atoms with Crippen molar-refractivity contribution in [1.82, 2.24) is 9.47 Å².